The summed E-state index contributed by atoms with van der Waals surface area (Å²) in [6.07, 6.45) is 4.62. The summed E-state index contributed by atoms with van der Waals surface area (Å²) in [6, 6.07) is 12.2. The van der Waals surface area contributed by atoms with Crippen molar-refractivity contribution < 1.29 is 9.34 Å². The Morgan fingerprint density at radius 1 is 1.32 bits per heavy atom. The fraction of sp³-hybridized carbons (Fsp3) is 0.333. The second kappa shape index (κ2) is 8.12. The molecule has 1 aromatic carbocycles. The number of aliphatic imine (C=N–C) groups is 1. The van der Waals surface area contributed by atoms with Crippen LogP contribution < -0.4 is 0 Å². The maximum Gasteiger partial charge on any atom is 0.270 e. The molecule has 1 aliphatic carbocycles. The van der Waals surface area contributed by atoms with Crippen LogP contribution in [0.5, 0.6) is 0 Å². The average Bonchev–Trinajstić information content (AvgIpc) is 3.35. The van der Waals surface area contributed by atoms with Crippen molar-refractivity contribution in [2.45, 2.75) is 40.0 Å². The lowest BCUT2D eigenvalue weighted by atomic mass is 9.72. The summed E-state index contributed by atoms with van der Waals surface area (Å²) in [5, 5.41) is 21.4. The number of rotatable bonds is 4. The van der Waals surface area contributed by atoms with Gasteiger partial charge in [-0.05, 0) is 48.3 Å². The maximum atomic E-state index is 11.0. The number of nitro groups is 1. The molecule has 3 aromatic rings. The Kier molecular flexibility index (Phi) is 5.50. The Hall–Kier alpha value is -3.24. The molecular formula is C24H23N3O3S. The topological polar surface area (TPSA) is 92.4 Å². The SMILES string of the molecule is CC(C)(C)[C@H]1CCc2c(sc(N=Cc3ccc(-c4cccc([N+](=O)[O-])c4)o3)c2C#N)C1. The zero-order valence-electron chi connectivity index (χ0n) is 17.7. The van der Waals surface area contributed by atoms with E-state index >= 15 is 0 Å². The standard InChI is InChI=1S/C24H23N3O3S/c1-24(2,3)16-7-9-19-20(13-25)23(31-22(19)12-16)26-14-18-8-10-21(30-18)15-5-4-6-17(11-15)27(28)29/h4-6,8,10-11,14,16H,7,9,12H2,1-3H3/t16-/m0/s1. The lowest BCUT2D eigenvalue weighted by molar-refractivity contribution is -0.384. The van der Waals surface area contributed by atoms with Gasteiger partial charge in [0.15, 0.2) is 0 Å². The van der Waals surface area contributed by atoms with Crippen LogP contribution in [-0.2, 0) is 12.8 Å². The number of hydrogen-bond donors (Lipinski definition) is 0. The smallest absolute Gasteiger partial charge is 0.270 e. The molecule has 1 atom stereocenters. The molecule has 158 valence electrons. The molecule has 2 heterocycles. The van der Waals surface area contributed by atoms with Crippen molar-refractivity contribution in [1.82, 2.24) is 0 Å². The van der Waals surface area contributed by atoms with Crippen LogP contribution in [-0.4, -0.2) is 11.1 Å². The minimum atomic E-state index is -0.430. The average molecular weight is 434 g/mol. The van der Waals surface area contributed by atoms with Crippen LogP contribution in [0.4, 0.5) is 10.7 Å². The number of fused-ring (bicyclic) bond motifs is 1. The Bertz CT molecular complexity index is 1210. The monoisotopic (exact) mass is 433 g/mol. The molecule has 1 aliphatic rings. The Morgan fingerprint density at radius 2 is 2.13 bits per heavy atom. The number of nitriles is 1. The molecular weight excluding hydrogens is 410 g/mol. The van der Waals surface area contributed by atoms with Crippen molar-refractivity contribution in [3.63, 3.8) is 0 Å². The zero-order chi connectivity index (χ0) is 22.2. The fourth-order valence-electron chi connectivity index (χ4n) is 3.99. The number of benzene rings is 1. The molecule has 0 aliphatic heterocycles. The molecule has 7 heteroatoms. The summed E-state index contributed by atoms with van der Waals surface area (Å²) in [5.41, 5.74) is 2.72. The molecule has 0 N–H and O–H groups in total. The van der Waals surface area contributed by atoms with Crippen molar-refractivity contribution in [3.05, 3.63) is 68.3 Å². The highest BCUT2D eigenvalue weighted by atomic mass is 32.1. The zero-order valence-corrected chi connectivity index (χ0v) is 18.5. The molecule has 0 fully saturated rings. The number of thiophene rings is 1. The number of hydrogen-bond acceptors (Lipinski definition) is 6. The van der Waals surface area contributed by atoms with Crippen LogP contribution in [0.1, 0.15) is 49.0 Å². The molecule has 0 unspecified atom stereocenters. The van der Waals surface area contributed by atoms with Gasteiger partial charge in [0, 0.05) is 22.6 Å². The first-order valence-corrected chi connectivity index (χ1v) is 11.0. The third kappa shape index (κ3) is 4.30. The van der Waals surface area contributed by atoms with Crippen molar-refractivity contribution in [1.29, 1.82) is 5.26 Å². The van der Waals surface area contributed by atoms with Crippen molar-refractivity contribution in [3.8, 4) is 17.4 Å². The van der Waals surface area contributed by atoms with Crippen LogP contribution >= 0.6 is 11.3 Å². The van der Waals surface area contributed by atoms with Gasteiger partial charge in [0.05, 0.1) is 16.7 Å². The summed E-state index contributed by atoms with van der Waals surface area (Å²) in [5.74, 6) is 1.66. The van der Waals surface area contributed by atoms with Crippen LogP contribution in [0.2, 0.25) is 0 Å². The highest BCUT2D eigenvalue weighted by Crippen LogP contribution is 2.44. The van der Waals surface area contributed by atoms with E-state index < -0.39 is 4.92 Å². The van der Waals surface area contributed by atoms with E-state index in [1.165, 1.54) is 17.0 Å². The van der Waals surface area contributed by atoms with E-state index in [1.54, 1.807) is 41.8 Å². The Morgan fingerprint density at radius 3 is 2.84 bits per heavy atom. The third-order valence-corrected chi connectivity index (χ3v) is 7.02. The van der Waals surface area contributed by atoms with E-state index in [4.69, 9.17) is 4.42 Å². The highest BCUT2D eigenvalue weighted by molar-refractivity contribution is 7.16. The Balaban J connectivity index is 1.58. The lowest BCUT2D eigenvalue weighted by Gasteiger charge is -2.33. The van der Waals surface area contributed by atoms with Gasteiger partial charge in [-0.25, -0.2) is 4.99 Å². The number of non-ortho nitro benzene ring substituents is 1. The van der Waals surface area contributed by atoms with Gasteiger partial charge in [0.25, 0.3) is 5.69 Å². The summed E-state index contributed by atoms with van der Waals surface area (Å²) in [4.78, 5) is 16.4. The van der Waals surface area contributed by atoms with E-state index in [0.717, 1.165) is 29.8 Å². The Labute approximate surface area is 185 Å². The van der Waals surface area contributed by atoms with Crippen LogP contribution in [0.25, 0.3) is 11.3 Å². The molecule has 2 aromatic heterocycles. The highest BCUT2D eigenvalue weighted by Gasteiger charge is 2.32. The summed E-state index contributed by atoms with van der Waals surface area (Å²) >= 11 is 1.60. The molecule has 0 saturated heterocycles. The minimum absolute atomic E-state index is 0.0144. The first-order chi connectivity index (χ1) is 14.8. The molecule has 4 rings (SSSR count). The van der Waals surface area contributed by atoms with Gasteiger partial charge in [-0.2, -0.15) is 5.26 Å². The molecule has 31 heavy (non-hydrogen) atoms. The van der Waals surface area contributed by atoms with Gasteiger partial charge in [0.2, 0.25) is 0 Å². The molecule has 0 saturated carbocycles. The second-order valence-corrected chi connectivity index (χ2v) is 9.95. The van der Waals surface area contributed by atoms with Gasteiger partial charge in [-0.15, -0.1) is 11.3 Å². The molecule has 0 radical (unpaired) electrons. The largest absolute Gasteiger partial charge is 0.455 e. The van der Waals surface area contributed by atoms with Gasteiger partial charge >= 0.3 is 0 Å². The second-order valence-electron chi connectivity index (χ2n) is 8.87. The van der Waals surface area contributed by atoms with Gasteiger partial charge in [-0.1, -0.05) is 32.9 Å². The summed E-state index contributed by atoms with van der Waals surface area (Å²) in [7, 11) is 0. The maximum absolute atomic E-state index is 11.0. The first kappa shape index (κ1) is 21.0. The van der Waals surface area contributed by atoms with Gasteiger partial charge in [-0.3, -0.25) is 10.1 Å². The van der Waals surface area contributed by atoms with Crippen LogP contribution in [0.15, 0.2) is 45.8 Å². The molecule has 0 spiro atoms. The van der Waals surface area contributed by atoms with E-state index in [-0.39, 0.29) is 11.1 Å². The fourth-order valence-corrected chi connectivity index (χ4v) is 5.21. The van der Waals surface area contributed by atoms with E-state index in [0.29, 0.717) is 28.6 Å². The number of furan rings is 1. The summed E-state index contributed by atoms with van der Waals surface area (Å²) in [6.45, 7) is 6.82. The quantitative estimate of drug-likeness (QED) is 0.260. The van der Waals surface area contributed by atoms with Crippen molar-refractivity contribution in [2.75, 3.05) is 0 Å². The third-order valence-electron chi connectivity index (χ3n) is 5.86. The first-order valence-electron chi connectivity index (χ1n) is 10.2. The van der Waals surface area contributed by atoms with Crippen molar-refractivity contribution in [2.24, 2.45) is 16.3 Å². The van der Waals surface area contributed by atoms with Crippen LogP contribution in [0.3, 0.4) is 0 Å². The molecule has 0 bridgehead atoms. The van der Waals surface area contributed by atoms with Gasteiger partial charge < -0.3 is 4.42 Å². The van der Waals surface area contributed by atoms with Gasteiger partial charge in [0.1, 0.15) is 22.6 Å². The van der Waals surface area contributed by atoms with Crippen molar-refractivity contribution >= 4 is 28.2 Å². The molecule has 0 amide bonds. The predicted octanol–water partition coefficient (Wildman–Crippen LogP) is 6.69. The predicted molar refractivity (Wildman–Crippen MR) is 122 cm³/mol. The van der Waals surface area contributed by atoms with E-state index in [1.807, 2.05) is 0 Å². The number of nitro benzene ring substituents is 1. The molecule has 6 nitrogen and oxygen atoms in total. The van der Waals surface area contributed by atoms with E-state index in [9.17, 15) is 15.4 Å². The van der Waals surface area contributed by atoms with E-state index in [2.05, 4.69) is 31.8 Å². The minimum Gasteiger partial charge on any atom is -0.455 e. The normalized spacial score (nSPS) is 16.3. The lowest BCUT2D eigenvalue weighted by Crippen LogP contribution is -2.26. The summed E-state index contributed by atoms with van der Waals surface area (Å²) < 4.78 is 5.81. The number of nitrogens with zero attached hydrogens (tertiary/aromatic N) is 3. The van der Waals surface area contributed by atoms with Crippen LogP contribution in [0, 0.1) is 32.8 Å².